The average Bonchev–Trinajstić information content (AvgIpc) is 2.58. The summed E-state index contributed by atoms with van der Waals surface area (Å²) in [4.78, 5) is 2.12. The molecule has 3 nitrogen and oxygen atoms in total. The van der Waals surface area contributed by atoms with E-state index in [1.54, 1.807) is 19.2 Å². The Morgan fingerprint density at radius 3 is 2.75 bits per heavy atom. The summed E-state index contributed by atoms with van der Waals surface area (Å²) < 4.78 is 20.8. The van der Waals surface area contributed by atoms with Crippen molar-refractivity contribution in [1.29, 1.82) is 0 Å². The topological polar surface area (TPSA) is 32.7 Å². The number of piperidine rings is 1. The van der Waals surface area contributed by atoms with Crippen molar-refractivity contribution in [3.05, 3.63) is 63.9 Å². The van der Waals surface area contributed by atoms with Gasteiger partial charge in [-0.05, 0) is 43.3 Å². The molecule has 1 aliphatic heterocycles. The third kappa shape index (κ3) is 3.08. The molecule has 2 aromatic rings. The molecule has 0 spiro atoms. The van der Waals surface area contributed by atoms with E-state index in [1.165, 1.54) is 6.07 Å². The Kier molecular flexibility index (Phi) is 4.95. The van der Waals surface area contributed by atoms with Gasteiger partial charge in [0, 0.05) is 29.0 Å². The first-order chi connectivity index (χ1) is 11.5. The van der Waals surface area contributed by atoms with Gasteiger partial charge in [0.25, 0.3) is 0 Å². The fourth-order valence-electron chi connectivity index (χ4n) is 3.54. The Balaban J connectivity index is 2.15. The molecule has 2 atom stereocenters. The minimum atomic E-state index is -1.19. The highest BCUT2D eigenvalue weighted by Gasteiger charge is 2.45. The number of halogens is 2. The lowest BCUT2D eigenvalue weighted by atomic mass is 9.72. The number of hydrogen-bond donors (Lipinski definition) is 1. The number of methoxy groups -OCH3 is 1. The van der Waals surface area contributed by atoms with Crippen LogP contribution in [0.4, 0.5) is 4.39 Å². The summed E-state index contributed by atoms with van der Waals surface area (Å²) in [7, 11) is 3.58. The van der Waals surface area contributed by atoms with E-state index in [2.05, 4.69) is 20.8 Å². The lowest BCUT2D eigenvalue weighted by Crippen LogP contribution is -2.47. The summed E-state index contributed by atoms with van der Waals surface area (Å²) in [6, 6.07) is 12.3. The van der Waals surface area contributed by atoms with Crippen LogP contribution < -0.4 is 4.74 Å². The first-order valence-electron chi connectivity index (χ1n) is 7.95. The monoisotopic (exact) mass is 393 g/mol. The highest BCUT2D eigenvalue weighted by Crippen LogP contribution is 2.47. The number of likely N-dealkylation sites (N-methyl/N-ethyl adjacent to an activating group) is 1. The normalized spacial score (nSPS) is 24.8. The largest absolute Gasteiger partial charge is 0.496 e. The van der Waals surface area contributed by atoms with Crippen LogP contribution in [-0.4, -0.2) is 37.3 Å². The van der Waals surface area contributed by atoms with E-state index < -0.39 is 5.60 Å². The predicted molar refractivity (Wildman–Crippen MR) is 95.8 cm³/mol. The van der Waals surface area contributed by atoms with Crippen molar-refractivity contribution in [3.63, 3.8) is 0 Å². The zero-order valence-corrected chi connectivity index (χ0v) is 15.4. The van der Waals surface area contributed by atoms with Gasteiger partial charge < -0.3 is 14.7 Å². The van der Waals surface area contributed by atoms with Gasteiger partial charge >= 0.3 is 0 Å². The van der Waals surface area contributed by atoms with Crippen LogP contribution in [0.2, 0.25) is 0 Å². The van der Waals surface area contributed by atoms with Crippen LogP contribution in [0.1, 0.15) is 23.5 Å². The van der Waals surface area contributed by atoms with Gasteiger partial charge in [-0.15, -0.1) is 0 Å². The Labute approximate surface area is 150 Å². The van der Waals surface area contributed by atoms with Gasteiger partial charge in [-0.1, -0.05) is 34.1 Å². The van der Waals surface area contributed by atoms with Gasteiger partial charge in [-0.3, -0.25) is 0 Å². The molecule has 0 aromatic heterocycles. The van der Waals surface area contributed by atoms with Crippen LogP contribution in [0.3, 0.4) is 0 Å². The molecule has 2 aromatic carbocycles. The number of aliphatic hydroxyl groups is 1. The van der Waals surface area contributed by atoms with Crippen LogP contribution in [0.25, 0.3) is 0 Å². The van der Waals surface area contributed by atoms with Crippen LogP contribution in [-0.2, 0) is 5.60 Å². The summed E-state index contributed by atoms with van der Waals surface area (Å²) in [5.74, 6) is -0.0440. The lowest BCUT2D eigenvalue weighted by molar-refractivity contribution is -0.0443. The van der Waals surface area contributed by atoms with Gasteiger partial charge in [0.15, 0.2) is 0 Å². The summed E-state index contributed by atoms with van der Waals surface area (Å²) >= 11 is 3.47. The fraction of sp³-hybridized carbons (Fsp3) is 0.368. The Morgan fingerprint density at radius 1 is 1.29 bits per heavy atom. The SMILES string of the molecule is COc1ccc(Br)cc1C1(O)CCN(C)CC1c1ccccc1F. The lowest BCUT2D eigenvalue weighted by Gasteiger charge is -2.44. The van der Waals surface area contributed by atoms with Gasteiger partial charge in [-0.25, -0.2) is 4.39 Å². The van der Waals surface area contributed by atoms with Gasteiger partial charge in [-0.2, -0.15) is 0 Å². The van der Waals surface area contributed by atoms with Crippen LogP contribution in [0.15, 0.2) is 46.9 Å². The van der Waals surface area contributed by atoms with E-state index in [0.717, 1.165) is 11.0 Å². The van der Waals surface area contributed by atoms with Crippen molar-refractivity contribution in [2.75, 3.05) is 27.2 Å². The first-order valence-corrected chi connectivity index (χ1v) is 8.74. The van der Waals surface area contributed by atoms with Crippen molar-refractivity contribution >= 4 is 15.9 Å². The van der Waals surface area contributed by atoms with Crippen LogP contribution >= 0.6 is 15.9 Å². The van der Waals surface area contributed by atoms with Crippen molar-refractivity contribution in [2.45, 2.75) is 17.9 Å². The van der Waals surface area contributed by atoms with Crippen molar-refractivity contribution < 1.29 is 14.2 Å². The van der Waals surface area contributed by atoms with E-state index in [1.807, 2.05) is 31.3 Å². The molecule has 0 bridgehead atoms. The number of rotatable bonds is 3. The Morgan fingerprint density at radius 2 is 2.04 bits per heavy atom. The molecule has 128 valence electrons. The minimum absolute atomic E-state index is 0.287. The molecule has 0 saturated carbocycles. The molecule has 1 saturated heterocycles. The first kappa shape index (κ1) is 17.4. The van der Waals surface area contributed by atoms with Gasteiger partial charge in [0.05, 0.1) is 7.11 Å². The number of nitrogens with zero attached hydrogens (tertiary/aromatic N) is 1. The van der Waals surface area contributed by atoms with Crippen molar-refractivity contribution in [2.24, 2.45) is 0 Å². The predicted octanol–water partition coefficient (Wildman–Crippen LogP) is 3.90. The minimum Gasteiger partial charge on any atom is -0.496 e. The molecule has 2 unspecified atom stereocenters. The number of benzene rings is 2. The molecule has 5 heteroatoms. The van der Waals surface area contributed by atoms with E-state index in [0.29, 0.717) is 29.8 Å². The smallest absolute Gasteiger partial charge is 0.126 e. The maximum Gasteiger partial charge on any atom is 0.126 e. The Bertz CT molecular complexity index is 739. The highest BCUT2D eigenvalue weighted by molar-refractivity contribution is 9.10. The number of likely N-dealkylation sites (tertiary alicyclic amines) is 1. The second kappa shape index (κ2) is 6.82. The standard InChI is InChI=1S/C19H21BrFNO2/c1-22-10-9-19(23,15-11-13(20)7-8-18(15)24-2)16(12-22)14-5-3-4-6-17(14)21/h3-8,11,16,23H,9-10,12H2,1-2H3. The maximum absolute atomic E-state index is 14.5. The summed E-state index contributed by atoms with van der Waals surface area (Å²) in [5, 5.41) is 11.6. The van der Waals surface area contributed by atoms with Crippen LogP contribution in [0, 0.1) is 5.82 Å². The quantitative estimate of drug-likeness (QED) is 0.857. The molecule has 0 radical (unpaired) electrons. The van der Waals surface area contributed by atoms with Gasteiger partial charge in [0.1, 0.15) is 17.2 Å². The van der Waals surface area contributed by atoms with E-state index in [4.69, 9.17) is 4.74 Å². The van der Waals surface area contributed by atoms with Crippen molar-refractivity contribution in [3.8, 4) is 5.75 Å². The molecular formula is C19H21BrFNO2. The average molecular weight is 394 g/mol. The van der Waals surface area contributed by atoms with E-state index >= 15 is 0 Å². The molecule has 1 aliphatic rings. The number of hydrogen-bond acceptors (Lipinski definition) is 3. The zero-order chi connectivity index (χ0) is 17.3. The van der Waals surface area contributed by atoms with E-state index in [9.17, 15) is 9.50 Å². The molecule has 0 amide bonds. The van der Waals surface area contributed by atoms with Gasteiger partial charge in [0.2, 0.25) is 0 Å². The molecule has 1 N–H and O–H groups in total. The van der Waals surface area contributed by atoms with Crippen LogP contribution in [0.5, 0.6) is 5.75 Å². The molecule has 3 rings (SSSR count). The zero-order valence-electron chi connectivity index (χ0n) is 13.8. The second-order valence-electron chi connectivity index (χ2n) is 6.36. The third-order valence-corrected chi connectivity index (χ3v) is 5.35. The van der Waals surface area contributed by atoms with Crippen molar-refractivity contribution in [1.82, 2.24) is 4.90 Å². The molecule has 24 heavy (non-hydrogen) atoms. The summed E-state index contributed by atoms with van der Waals surface area (Å²) in [5.41, 5.74) is 0.0402. The molecular weight excluding hydrogens is 373 g/mol. The fourth-order valence-corrected chi connectivity index (χ4v) is 3.90. The molecule has 1 heterocycles. The maximum atomic E-state index is 14.5. The number of ether oxygens (including phenoxy) is 1. The van der Waals surface area contributed by atoms with E-state index in [-0.39, 0.29) is 11.7 Å². The highest BCUT2D eigenvalue weighted by atomic mass is 79.9. The third-order valence-electron chi connectivity index (χ3n) is 4.85. The summed E-state index contributed by atoms with van der Waals surface area (Å²) in [6.07, 6.45) is 0.509. The summed E-state index contributed by atoms with van der Waals surface area (Å²) in [6.45, 7) is 1.31. The molecule has 1 fully saturated rings. The Hall–Kier alpha value is -1.43. The molecule has 0 aliphatic carbocycles. The second-order valence-corrected chi connectivity index (χ2v) is 7.27.